The van der Waals surface area contributed by atoms with Crippen LogP contribution in [0.5, 0.6) is 11.5 Å². The molecule has 3 heterocycles. The Morgan fingerprint density at radius 3 is 2.47 bits per heavy atom. The molecule has 49 heavy (non-hydrogen) atoms. The van der Waals surface area contributed by atoms with Gasteiger partial charge in [0, 0.05) is 12.0 Å². The van der Waals surface area contributed by atoms with E-state index in [0.29, 0.717) is 50.0 Å². The van der Waals surface area contributed by atoms with Gasteiger partial charge in [-0.15, -0.1) is 0 Å². The molecule has 262 valence electrons. The molecule has 2 unspecified atom stereocenters. The van der Waals surface area contributed by atoms with Gasteiger partial charge in [-0.1, -0.05) is 29.3 Å². The maximum absolute atomic E-state index is 13.9. The van der Waals surface area contributed by atoms with Gasteiger partial charge in [-0.3, -0.25) is 0 Å². The third-order valence-electron chi connectivity index (χ3n) is 8.84. The Morgan fingerprint density at radius 2 is 1.78 bits per heavy atom. The molecule has 0 amide bonds. The molecule has 2 aromatic heterocycles. The second-order valence-electron chi connectivity index (χ2n) is 11.9. The van der Waals surface area contributed by atoms with Gasteiger partial charge >= 0.3 is 186 Å². The summed E-state index contributed by atoms with van der Waals surface area (Å²) < 4.78 is 25.6. The molecular weight excluding hydrogens is 798 g/mol. The summed E-state index contributed by atoms with van der Waals surface area (Å²) in [6, 6.07) is 18.6. The van der Waals surface area contributed by atoms with Gasteiger partial charge in [-0.2, -0.15) is 0 Å². The number of nitrogens with one attached hydrogen (secondary N) is 2. The molecule has 0 radical (unpaired) electrons. The van der Waals surface area contributed by atoms with E-state index in [0.717, 1.165) is 27.7 Å². The van der Waals surface area contributed by atoms with Gasteiger partial charge in [0.05, 0.1) is 14.2 Å². The second-order valence-corrected chi connectivity index (χ2v) is 16.9. The minimum absolute atomic E-state index is 0.0376. The molecule has 0 aliphatic carbocycles. The Kier molecular flexibility index (Phi) is 13.2. The summed E-state index contributed by atoms with van der Waals surface area (Å²) in [5, 5.41) is 4.32. The van der Waals surface area contributed by atoms with E-state index in [2.05, 4.69) is 17.2 Å². The zero-order valence-corrected chi connectivity index (χ0v) is 32.4. The zero-order valence-electron chi connectivity index (χ0n) is 27.9. The van der Waals surface area contributed by atoms with Crippen LogP contribution >= 0.6 is 34.5 Å². The quantitative estimate of drug-likeness (QED) is 0.114. The first kappa shape index (κ1) is 37.4. The average Bonchev–Trinajstić information content (AvgIpc) is 3.61. The summed E-state index contributed by atoms with van der Waals surface area (Å²) >= 11 is 14.3. The molecule has 4 atom stereocenters. The van der Waals surface area contributed by atoms with Crippen LogP contribution in [0.1, 0.15) is 64.0 Å². The number of aromatic nitrogens is 1. The average molecular weight is 840 g/mol. The number of esters is 2. The summed E-state index contributed by atoms with van der Waals surface area (Å²) in [6.07, 6.45) is 4.85. The predicted molar refractivity (Wildman–Crippen MR) is 187 cm³/mol. The monoisotopic (exact) mass is 838 g/mol. The number of thiophene rings is 1. The van der Waals surface area contributed by atoms with E-state index >= 15 is 0 Å². The fourth-order valence-electron chi connectivity index (χ4n) is 5.80. The molecule has 2 N–H and O–H groups in total. The first-order valence-electron chi connectivity index (χ1n) is 16.1. The van der Waals surface area contributed by atoms with Gasteiger partial charge in [0.1, 0.15) is 16.1 Å². The Morgan fingerprint density at radius 1 is 1.04 bits per heavy atom. The topological polar surface area (TPSA) is 97.2 Å². The van der Waals surface area contributed by atoms with Crippen molar-refractivity contribution in [1.82, 2.24) is 5.32 Å². The number of H-pyrrole nitrogens is 1. The van der Waals surface area contributed by atoms with Crippen LogP contribution in [0.4, 0.5) is 0 Å². The zero-order chi connectivity index (χ0) is 35.0. The summed E-state index contributed by atoms with van der Waals surface area (Å²) in [7, 11) is 3.11. The first-order chi connectivity index (χ1) is 23.7. The van der Waals surface area contributed by atoms with Crippen LogP contribution in [0.2, 0.25) is 10.0 Å². The number of aromatic amines is 1. The van der Waals surface area contributed by atoms with Crippen molar-refractivity contribution in [2.75, 3.05) is 23.1 Å². The van der Waals surface area contributed by atoms with Crippen LogP contribution < -0.4 is 41.0 Å². The number of rotatable bonds is 14. The molecule has 2 aromatic carbocycles. The number of halogens is 3. The molecular formula is C37H41Cl2IN2O6S. The van der Waals surface area contributed by atoms with Crippen molar-refractivity contribution in [3.05, 3.63) is 110 Å². The standard InChI is InChI=1S/C37H40Cl2IN2O6S/c1-5-23-15-16-40-19-33(23)48-36(44)37(2,25-9-7-6-8-10-25)42-20-26-12-14-34(49-26)35(43)47-31(18-27-28(38)21-41-22-29(27)39)24-11-13-30(45-3)32(17-24)46-4/h6-14,17,21-23,31,33,42H,5,15-16,18-20H2,1-4H3/q-1/p+1/t23?,31-,33-,37?/m0/s1. The van der Waals surface area contributed by atoms with Crippen LogP contribution in [0, 0.1) is 5.92 Å². The normalized spacial score (nSPS) is 18.0. The van der Waals surface area contributed by atoms with Crippen molar-refractivity contribution in [1.29, 1.82) is 0 Å². The van der Waals surface area contributed by atoms with Gasteiger partial charge < -0.3 is 9.47 Å². The van der Waals surface area contributed by atoms with Gasteiger partial charge in [0.15, 0.2) is 23.9 Å². The third-order valence-corrected chi connectivity index (χ3v) is 13.5. The molecule has 0 bridgehead atoms. The van der Waals surface area contributed by atoms with Crippen LogP contribution in [-0.2, 0) is 32.8 Å². The van der Waals surface area contributed by atoms with Gasteiger partial charge in [0.25, 0.3) is 0 Å². The fourth-order valence-corrected chi connectivity index (χ4v) is 10.4. The Bertz CT molecular complexity index is 1720. The van der Waals surface area contributed by atoms with Crippen LogP contribution in [0.3, 0.4) is 0 Å². The molecule has 0 spiro atoms. The maximum atomic E-state index is 13.9. The Balaban J connectivity index is 1.34. The molecule has 8 nitrogen and oxygen atoms in total. The van der Waals surface area contributed by atoms with E-state index in [-0.39, 0.29) is 39.7 Å². The fraction of sp³-hybridized carbons (Fsp3) is 0.378. The number of hydrogen-bond donors (Lipinski definition) is 1. The number of methoxy groups -OCH3 is 2. The van der Waals surface area contributed by atoms with Crippen molar-refractivity contribution in [3.8, 4) is 11.5 Å². The summed E-state index contributed by atoms with van der Waals surface area (Å²) in [5.74, 6) is 0.673. The van der Waals surface area contributed by atoms with E-state index in [1.54, 1.807) is 44.8 Å². The van der Waals surface area contributed by atoms with Gasteiger partial charge in [-0.25, -0.2) is 4.98 Å². The van der Waals surface area contributed by atoms with Gasteiger partial charge in [-0.05, 0) is 17.7 Å². The van der Waals surface area contributed by atoms with E-state index in [1.807, 2.05) is 49.4 Å². The SMILES string of the molecule is CCC1CC[I-]C[C@@H]1OC(=O)C(C)(NCc1ccc(C(=O)O[C@@H](Cc2c(Cl)c[nH+]cc2Cl)c2ccc(OC)c(OC)c2)s1)c1ccccc1. The molecule has 4 aromatic rings. The number of benzene rings is 2. The van der Waals surface area contributed by atoms with Crippen molar-refractivity contribution >= 4 is 46.5 Å². The minimum atomic E-state index is -1.08. The van der Waals surface area contributed by atoms with Crippen LogP contribution in [0.15, 0.2) is 73.1 Å². The summed E-state index contributed by atoms with van der Waals surface area (Å²) in [5.41, 5.74) is 1.07. The molecule has 1 fully saturated rings. The van der Waals surface area contributed by atoms with E-state index in [1.165, 1.54) is 15.8 Å². The molecule has 1 aliphatic heterocycles. The predicted octanol–water partition coefficient (Wildman–Crippen LogP) is 4.46. The number of pyridine rings is 1. The van der Waals surface area contributed by atoms with Crippen molar-refractivity contribution < 1.29 is 54.7 Å². The Hall–Kier alpha value is -2.90. The number of carbonyl (C=O) groups excluding carboxylic acids is 2. The summed E-state index contributed by atoms with van der Waals surface area (Å²) in [6.45, 7) is 4.39. The number of ether oxygens (including phenoxy) is 4. The second kappa shape index (κ2) is 17.4. The number of alkyl halides is 2. The summed E-state index contributed by atoms with van der Waals surface area (Å²) in [4.78, 5) is 31.7. The van der Waals surface area contributed by atoms with Crippen molar-refractivity contribution in [2.24, 2.45) is 5.92 Å². The van der Waals surface area contributed by atoms with E-state index < -0.39 is 17.6 Å². The molecule has 0 saturated carbocycles. The van der Waals surface area contributed by atoms with Crippen LogP contribution in [-0.4, -0.2) is 41.1 Å². The third kappa shape index (κ3) is 9.07. The number of carbonyl (C=O) groups is 2. The first-order valence-corrected chi connectivity index (χ1v) is 20.7. The van der Waals surface area contributed by atoms with Gasteiger partial charge in [0.2, 0.25) is 0 Å². The Labute approximate surface area is 312 Å². The van der Waals surface area contributed by atoms with Crippen molar-refractivity contribution in [3.63, 3.8) is 0 Å². The van der Waals surface area contributed by atoms with Crippen molar-refractivity contribution in [2.45, 2.75) is 57.4 Å². The molecule has 5 rings (SSSR count). The molecule has 12 heteroatoms. The molecule has 1 saturated heterocycles. The van der Waals surface area contributed by atoms with E-state index in [4.69, 9.17) is 42.1 Å². The van der Waals surface area contributed by atoms with Crippen LogP contribution in [0.25, 0.3) is 0 Å². The molecule has 1 aliphatic rings. The van der Waals surface area contributed by atoms with E-state index in [9.17, 15) is 9.59 Å². The number of hydrogen-bond acceptors (Lipinski definition) is 8.